The van der Waals surface area contributed by atoms with E-state index in [-0.39, 0.29) is 5.75 Å². The summed E-state index contributed by atoms with van der Waals surface area (Å²) in [5.74, 6) is -6.09. The van der Waals surface area contributed by atoms with Gasteiger partial charge in [-0.2, -0.15) is 22.0 Å². The van der Waals surface area contributed by atoms with Gasteiger partial charge < -0.3 is 0 Å². The molecule has 0 saturated carbocycles. The Kier molecular flexibility index (Phi) is 5.76. The lowest BCUT2D eigenvalue weighted by Gasteiger charge is -2.25. The van der Waals surface area contributed by atoms with Gasteiger partial charge in [0, 0.05) is 12.7 Å². The van der Waals surface area contributed by atoms with Crippen molar-refractivity contribution in [2.75, 3.05) is 5.75 Å². The van der Waals surface area contributed by atoms with E-state index < -0.39 is 36.0 Å². The number of hydrogen-bond donors (Lipinski definition) is 0. The zero-order valence-electron chi connectivity index (χ0n) is 8.53. The molecule has 0 amide bonds. The third kappa shape index (κ3) is 4.72. The van der Waals surface area contributed by atoms with Crippen LogP contribution in [0.4, 0.5) is 30.7 Å². The van der Waals surface area contributed by atoms with Crippen LogP contribution in [-0.2, 0) is 4.79 Å². The molecule has 0 aromatic carbocycles. The Balaban J connectivity index is 4.39. The van der Waals surface area contributed by atoms with Gasteiger partial charge in [-0.15, -0.1) is 0 Å². The molecule has 0 aliphatic rings. The average molecular weight is 286 g/mol. The number of halogens is 7. The van der Waals surface area contributed by atoms with Gasteiger partial charge in [0.2, 0.25) is 6.17 Å². The highest BCUT2D eigenvalue weighted by Gasteiger charge is 2.65. The fourth-order valence-electron chi connectivity index (χ4n) is 0.845. The van der Waals surface area contributed by atoms with Crippen LogP contribution in [0.3, 0.4) is 0 Å². The van der Waals surface area contributed by atoms with Gasteiger partial charge in [-0.3, -0.25) is 4.79 Å². The topological polar surface area (TPSA) is 17.1 Å². The molecule has 0 heterocycles. The highest BCUT2D eigenvalue weighted by Crippen LogP contribution is 2.41. The minimum absolute atomic E-state index is 0.356. The van der Waals surface area contributed by atoms with E-state index in [0.29, 0.717) is 11.8 Å². The van der Waals surface area contributed by atoms with E-state index in [4.69, 9.17) is 0 Å². The Bertz CT molecular complexity index is 265. The van der Waals surface area contributed by atoms with Crippen LogP contribution in [0.25, 0.3) is 0 Å². The van der Waals surface area contributed by atoms with Crippen molar-refractivity contribution in [3.63, 3.8) is 0 Å². The number of thioether (sulfide) groups is 1. The third-order valence-electron chi connectivity index (χ3n) is 1.74. The molecule has 0 bridgehead atoms. The van der Waals surface area contributed by atoms with Crippen molar-refractivity contribution in [3.05, 3.63) is 0 Å². The van der Waals surface area contributed by atoms with Crippen molar-refractivity contribution >= 4 is 16.9 Å². The zero-order valence-corrected chi connectivity index (χ0v) is 9.35. The molecule has 1 nitrogen and oxygen atoms in total. The summed E-state index contributed by atoms with van der Waals surface area (Å²) in [7, 11) is 0. The molecule has 0 spiro atoms. The summed E-state index contributed by atoms with van der Waals surface area (Å²) in [5, 5.41) is -0.463. The van der Waals surface area contributed by atoms with Gasteiger partial charge in [0.05, 0.1) is 0 Å². The van der Waals surface area contributed by atoms with Gasteiger partial charge in [0.1, 0.15) is 6.17 Å². The molecule has 0 aliphatic carbocycles. The standard InChI is InChI=1S/C8H9F7OS/c1-4(16)17-3-2-5(9)6(10)7(11,12)8(13,14)15/h5-6H,2-3H2,1H3. The normalized spacial score (nSPS) is 16.7. The van der Waals surface area contributed by atoms with Gasteiger partial charge in [0.15, 0.2) is 5.12 Å². The third-order valence-corrected chi connectivity index (χ3v) is 2.59. The van der Waals surface area contributed by atoms with E-state index in [1.165, 1.54) is 0 Å². The monoisotopic (exact) mass is 286 g/mol. The molecule has 17 heavy (non-hydrogen) atoms. The SMILES string of the molecule is CC(=O)SCCC(F)C(F)C(F)(F)C(F)(F)F. The van der Waals surface area contributed by atoms with Crippen LogP contribution in [0.5, 0.6) is 0 Å². The smallest absolute Gasteiger partial charge is 0.288 e. The Morgan fingerprint density at radius 1 is 1.18 bits per heavy atom. The molecular weight excluding hydrogens is 277 g/mol. The van der Waals surface area contributed by atoms with Crippen molar-refractivity contribution < 1.29 is 35.5 Å². The lowest BCUT2D eigenvalue weighted by atomic mass is 10.1. The number of rotatable bonds is 5. The summed E-state index contributed by atoms with van der Waals surface area (Å²) in [6, 6.07) is 0. The summed E-state index contributed by atoms with van der Waals surface area (Å²) < 4.78 is 85.2. The molecule has 0 aromatic rings. The summed E-state index contributed by atoms with van der Waals surface area (Å²) in [4.78, 5) is 10.4. The van der Waals surface area contributed by atoms with Crippen LogP contribution >= 0.6 is 11.8 Å². The van der Waals surface area contributed by atoms with Crippen molar-refractivity contribution in [2.45, 2.75) is 37.8 Å². The first kappa shape index (κ1) is 16.5. The lowest BCUT2D eigenvalue weighted by molar-refractivity contribution is -0.309. The van der Waals surface area contributed by atoms with E-state index in [2.05, 4.69) is 0 Å². The van der Waals surface area contributed by atoms with Gasteiger partial charge in [-0.25, -0.2) is 8.78 Å². The Hall–Kier alpha value is -0.470. The maximum Gasteiger partial charge on any atom is 0.456 e. The van der Waals surface area contributed by atoms with E-state index in [1.54, 1.807) is 0 Å². The fourth-order valence-corrected chi connectivity index (χ4v) is 1.48. The molecule has 0 rings (SSSR count). The number of carbonyl (C=O) groups excluding carboxylic acids is 1. The zero-order chi connectivity index (χ0) is 13.9. The maximum atomic E-state index is 12.8. The molecule has 0 aromatic heterocycles. The highest BCUT2D eigenvalue weighted by molar-refractivity contribution is 8.13. The van der Waals surface area contributed by atoms with Crippen LogP contribution in [0.2, 0.25) is 0 Å². The molecule has 102 valence electrons. The maximum absolute atomic E-state index is 12.8. The largest absolute Gasteiger partial charge is 0.456 e. The van der Waals surface area contributed by atoms with Crippen LogP contribution < -0.4 is 0 Å². The Morgan fingerprint density at radius 3 is 2.00 bits per heavy atom. The van der Waals surface area contributed by atoms with E-state index in [9.17, 15) is 35.5 Å². The van der Waals surface area contributed by atoms with Crippen molar-refractivity contribution in [2.24, 2.45) is 0 Å². The summed E-state index contributed by atoms with van der Waals surface area (Å²) in [5.41, 5.74) is 0. The minimum atomic E-state index is -6.13. The van der Waals surface area contributed by atoms with Crippen LogP contribution in [0.1, 0.15) is 13.3 Å². The predicted octanol–water partition coefficient (Wildman–Crippen LogP) is 3.53. The lowest BCUT2D eigenvalue weighted by Crippen LogP contribution is -2.49. The van der Waals surface area contributed by atoms with E-state index >= 15 is 0 Å². The highest BCUT2D eigenvalue weighted by atomic mass is 32.2. The van der Waals surface area contributed by atoms with Crippen LogP contribution in [-0.4, -0.2) is 35.3 Å². The van der Waals surface area contributed by atoms with E-state index in [1.807, 2.05) is 0 Å². The molecule has 0 radical (unpaired) electrons. The molecule has 0 aliphatic heterocycles. The first-order valence-corrected chi connectivity index (χ1v) is 5.34. The summed E-state index contributed by atoms with van der Waals surface area (Å²) in [6.07, 6.45) is -14.0. The molecular formula is C8H9F7OS. The van der Waals surface area contributed by atoms with Gasteiger partial charge in [-0.1, -0.05) is 11.8 Å². The van der Waals surface area contributed by atoms with Crippen molar-refractivity contribution in [3.8, 4) is 0 Å². The van der Waals surface area contributed by atoms with Gasteiger partial charge in [0.25, 0.3) is 0 Å². The average Bonchev–Trinajstić information content (AvgIpc) is 2.13. The van der Waals surface area contributed by atoms with Crippen molar-refractivity contribution in [1.29, 1.82) is 0 Å². The second-order valence-corrected chi connectivity index (χ2v) is 4.44. The molecule has 2 atom stereocenters. The second-order valence-electron chi connectivity index (χ2n) is 3.17. The van der Waals surface area contributed by atoms with Crippen LogP contribution in [0.15, 0.2) is 0 Å². The number of carbonyl (C=O) groups is 1. The second kappa shape index (κ2) is 5.92. The quantitative estimate of drug-likeness (QED) is 0.719. The predicted molar refractivity (Wildman–Crippen MR) is 48.6 cm³/mol. The first-order chi connectivity index (χ1) is 7.50. The van der Waals surface area contributed by atoms with E-state index in [0.717, 1.165) is 6.92 Å². The Labute approximate surface area is 96.7 Å². The minimum Gasteiger partial charge on any atom is -0.288 e. The van der Waals surface area contributed by atoms with Gasteiger partial charge in [-0.05, 0) is 6.42 Å². The first-order valence-electron chi connectivity index (χ1n) is 4.36. The summed E-state index contributed by atoms with van der Waals surface area (Å²) in [6.45, 7) is 1.11. The molecule has 0 N–H and O–H groups in total. The Morgan fingerprint density at radius 2 is 1.65 bits per heavy atom. The number of alkyl halides is 7. The number of hydrogen-bond acceptors (Lipinski definition) is 2. The molecule has 9 heteroatoms. The van der Waals surface area contributed by atoms with Crippen LogP contribution in [0, 0.1) is 0 Å². The molecule has 2 unspecified atom stereocenters. The van der Waals surface area contributed by atoms with Crippen molar-refractivity contribution in [1.82, 2.24) is 0 Å². The molecule has 0 saturated heterocycles. The summed E-state index contributed by atoms with van der Waals surface area (Å²) >= 11 is 0.523. The molecule has 0 fully saturated rings. The fraction of sp³-hybridized carbons (Fsp3) is 0.875. The van der Waals surface area contributed by atoms with Gasteiger partial charge >= 0.3 is 12.1 Å².